The average molecular weight is 258 g/mol. The fourth-order valence-corrected chi connectivity index (χ4v) is 1.43. The van der Waals surface area contributed by atoms with E-state index in [0.29, 0.717) is 17.0 Å². The van der Waals surface area contributed by atoms with E-state index in [1.54, 1.807) is 12.2 Å². The van der Waals surface area contributed by atoms with Gasteiger partial charge < -0.3 is 10.3 Å². The number of hydrogen-bond donors (Lipinski definition) is 2. The van der Waals surface area contributed by atoms with Crippen molar-refractivity contribution in [3.63, 3.8) is 0 Å². The van der Waals surface area contributed by atoms with Crippen LogP contribution in [0, 0.1) is 6.92 Å². The smallest absolute Gasteiger partial charge is 0.343 e. The number of amides is 1. The number of alkyl halides is 3. The van der Waals surface area contributed by atoms with Crippen LogP contribution in [0.3, 0.4) is 0 Å². The Morgan fingerprint density at radius 3 is 2.89 bits per heavy atom. The Balaban J connectivity index is 2.17. The van der Waals surface area contributed by atoms with Gasteiger partial charge in [0.15, 0.2) is 5.65 Å². The molecule has 0 aliphatic rings. The maximum absolute atomic E-state index is 11.9. The van der Waals surface area contributed by atoms with Crippen molar-refractivity contribution in [2.24, 2.45) is 0 Å². The second-order valence-corrected chi connectivity index (χ2v) is 3.72. The molecule has 0 saturated heterocycles. The summed E-state index contributed by atoms with van der Waals surface area (Å²) in [6, 6.07) is 1.41. The van der Waals surface area contributed by atoms with Crippen LogP contribution in [-0.2, 0) is 0 Å². The van der Waals surface area contributed by atoms with E-state index in [-0.39, 0.29) is 5.56 Å². The van der Waals surface area contributed by atoms with Crippen molar-refractivity contribution >= 4 is 17.1 Å². The number of halogens is 3. The summed E-state index contributed by atoms with van der Waals surface area (Å²) < 4.78 is 35.8. The molecule has 2 aromatic rings. The minimum Gasteiger partial charge on any atom is -0.343 e. The summed E-state index contributed by atoms with van der Waals surface area (Å²) in [5.74, 6) is -0.209. The first-order chi connectivity index (χ1) is 8.35. The van der Waals surface area contributed by atoms with Gasteiger partial charge in [-0.15, -0.1) is 0 Å². The Hall–Kier alpha value is -2.12. The van der Waals surface area contributed by atoms with Gasteiger partial charge in [-0.2, -0.15) is 13.2 Å². The van der Waals surface area contributed by atoms with Gasteiger partial charge in [-0.25, -0.2) is 9.97 Å². The highest BCUT2D eigenvalue weighted by Crippen LogP contribution is 2.14. The molecule has 0 aromatic carbocycles. The Morgan fingerprint density at radius 1 is 1.50 bits per heavy atom. The average Bonchev–Trinajstić information content (AvgIpc) is 2.63. The molecular formula is C10H9F3N4O. The van der Waals surface area contributed by atoms with Crippen LogP contribution in [0.1, 0.15) is 16.2 Å². The number of H-pyrrole nitrogens is 1. The van der Waals surface area contributed by atoms with E-state index < -0.39 is 18.6 Å². The molecule has 0 aliphatic carbocycles. The first-order valence-corrected chi connectivity index (χ1v) is 5.02. The molecule has 0 atom stereocenters. The summed E-state index contributed by atoms with van der Waals surface area (Å²) in [5, 5.41) is 1.77. The van der Waals surface area contributed by atoms with E-state index in [0.717, 1.165) is 0 Å². The van der Waals surface area contributed by atoms with Crippen LogP contribution in [0.5, 0.6) is 0 Å². The molecule has 0 bridgehead atoms. The first kappa shape index (κ1) is 12.3. The molecule has 2 N–H and O–H groups in total. The molecule has 5 nitrogen and oxygen atoms in total. The van der Waals surface area contributed by atoms with Crippen LogP contribution in [0.4, 0.5) is 13.2 Å². The zero-order valence-electron chi connectivity index (χ0n) is 9.30. The molecule has 0 fully saturated rings. The SMILES string of the molecule is Cc1nc2ncc(C(=O)NCC(F)(F)F)cc2[nH]1. The van der Waals surface area contributed by atoms with E-state index in [4.69, 9.17) is 0 Å². The standard InChI is InChI=1S/C10H9F3N4O/c1-5-16-7-2-6(3-14-8(7)17-5)9(18)15-4-10(11,12)13/h2-3H,4H2,1H3,(H,15,18)(H,14,16,17). The number of fused-ring (bicyclic) bond motifs is 1. The van der Waals surface area contributed by atoms with E-state index in [1.807, 2.05) is 0 Å². The molecule has 18 heavy (non-hydrogen) atoms. The maximum Gasteiger partial charge on any atom is 0.405 e. The fourth-order valence-electron chi connectivity index (χ4n) is 1.43. The topological polar surface area (TPSA) is 70.7 Å². The molecule has 96 valence electrons. The summed E-state index contributed by atoms with van der Waals surface area (Å²) in [6.07, 6.45) is -3.24. The fraction of sp³-hybridized carbons (Fsp3) is 0.300. The highest BCUT2D eigenvalue weighted by molar-refractivity contribution is 5.96. The molecule has 2 aromatic heterocycles. The monoisotopic (exact) mass is 258 g/mol. The highest BCUT2D eigenvalue weighted by atomic mass is 19.4. The third-order valence-electron chi connectivity index (χ3n) is 2.17. The lowest BCUT2D eigenvalue weighted by atomic mass is 10.2. The Bertz CT molecular complexity index is 590. The van der Waals surface area contributed by atoms with Crippen LogP contribution in [0.25, 0.3) is 11.2 Å². The lowest BCUT2D eigenvalue weighted by Crippen LogP contribution is -2.33. The Labute approximate surface area is 99.4 Å². The van der Waals surface area contributed by atoms with Gasteiger partial charge in [0, 0.05) is 6.20 Å². The van der Waals surface area contributed by atoms with Crippen LogP contribution in [0.15, 0.2) is 12.3 Å². The lowest BCUT2D eigenvalue weighted by Gasteiger charge is -2.07. The zero-order valence-corrected chi connectivity index (χ0v) is 9.30. The highest BCUT2D eigenvalue weighted by Gasteiger charge is 2.28. The lowest BCUT2D eigenvalue weighted by molar-refractivity contribution is -0.123. The molecular weight excluding hydrogens is 249 g/mol. The van der Waals surface area contributed by atoms with E-state index in [9.17, 15) is 18.0 Å². The van der Waals surface area contributed by atoms with Gasteiger partial charge in [0.05, 0.1) is 11.1 Å². The van der Waals surface area contributed by atoms with Gasteiger partial charge in [0.1, 0.15) is 12.4 Å². The minimum absolute atomic E-state index is 0.0513. The van der Waals surface area contributed by atoms with Crippen molar-refractivity contribution < 1.29 is 18.0 Å². The number of aromatic nitrogens is 3. The number of imidazole rings is 1. The molecule has 2 heterocycles. The summed E-state index contributed by atoms with van der Waals surface area (Å²) in [6.45, 7) is 0.344. The van der Waals surface area contributed by atoms with Gasteiger partial charge in [-0.05, 0) is 13.0 Å². The number of carbonyl (C=O) groups is 1. The Morgan fingerprint density at radius 2 is 2.22 bits per heavy atom. The summed E-state index contributed by atoms with van der Waals surface area (Å²) in [5.41, 5.74) is 0.974. The largest absolute Gasteiger partial charge is 0.405 e. The molecule has 0 aliphatic heterocycles. The minimum atomic E-state index is -4.43. The first-order valence-electron chi connectivity index (χ1n) is 5.02. The van der Waals surface area contributed by atoms with Gasteiger partial charge >= 0.3 is 6.18 Å². The molecule has 1 amide bonds. The number of rotatable bonds is 2. The number of pyridine rings is 1. The van der Waals surface area contributed by atoms with Gasteiger partial charge in [-0.3, -0.25) is 4.79 Å². The summed E-state index contributed by atoms with van der Waals surface area (Å²) >= 11 is 0. The van der Waals surface area contributed by atoms with Crippen molar-refractivity contribution in [3.05, 3.63) is 23.7 Å². The van der Waals surface area contributed by atoms with Crippen LogP contribution in [0.2, 0.25) is 0 Å². The molecule has 0 saturated carbocycles. The normalized spacial score (nSPS) is 11.8. The van der Waals surface area contributed by atoms with Crippen molar-refractivity contribution in [1.82, 2.24) is 20.3 Å². The van der Waals surface area contributed by atoms with Gasteiger partial charge in [0.2, 0.25) is 0 Å². The van der Waals surface area contributed by atoms with Crippen LogP contribution >= 0.6 is 0 Å². The molecule has 0 spiro atoms. The number of aryl methyl sites for hydroxylation is 1. The number of carbonyl (C=O) groups excluding carboxylic acids is 1. The molecule has 0 unspecified atom stereocenters. The van der Waals surface area contributed by atoms with Crippen LogP contribution < -0.4 is 5.32 Å². The van der Waals surface area contributed by atoms with E-state index in [2.05, 4.69) is 15.0 Å². The van der Waals surface area contributed by atoms with Gasteiger partial charge in [-0.1, -0.05) is 0 Å². The van der Waals surface area contributed by atoms with Crippen molar-refractivity contribution in [3.8, 4) is 0 Å². The molecule has 0 radical (unpaired) electrons. The van der Waals surface area contributed by atoms with Crippen molar-refractivity contribution in [2.45, 2.75) is 13.1 Å². The number of hydrogen-bond acceptors (Lipinski definition) is 3. The summed E-state index contributed by atoms with van der Waals surface area (Å²) in [4.78, 5) is 22.2. The third kappa shape index (κ3) is 2.76. The third-order valence-corrected chi connectivity index (χ3v) is 2.17. The quantitative estimate of drug-likeness (QED) is 0.858. The van der Waals surface area contributed by atoms with E-state index >= 15 is 0 Å². The summed E-state index contributed by atoms with van der Waals surface area (Å²) in [7, 11) is 0. The molecule has 8 heteroatoms. The van der Waals surface area contributed by atoms with Crippen molar-refractivity contribution in [1.29, 1.82) is 0 Å². The van der Waals surface area contributed by atoms with Crippen LogP contribution in [-0.4, -0.2) is 33.6 Å². The Kier molecular flexibility index (Phi) is 2.93. The number of nitrogens with zero attached hydrogens (tertiary/aromatic N) is 2. The zero-order chi connectivity index (χ0) is 13.3. The predicted octanol–water partition coefficient (Wildman–Crippen LogP) is 1.56. The predicted molar refractivity (Wildman–Crippen MR) is 57.0 cm³/mol. The second-order valence-electron chi connectivity index (χ2n) is 3.72. The number of aromatic amines is 1. The second kappa shape index (κ2) is 4.28. The van der Waals surface area contributed by atoms with Gasteiger partial charge in [0.25, 0.3) is 5.91 Å². The van der Waals surface area contributed by atoms with E-state index in [1.165, 1.54) is 12.3 Å². The molecule has 2 rings (SSSR count). The number of nitrogens with one attached hydrogen (secondary N) is 2. The van der Waals surface area contributed by atoms with Crippen molar-refractivity contribution in [2.75, 3.05) is 6.54 Å². The maximum atomic E-state index is 11.9.